The Hall–Kier alpha value is -2.01. The van der Waals surface area contributed by atoms with Crippen LogP contribution in [0.1, 0.15) is 28.6 Å². The molecule has 4 nitrogen and oxygen atoms in total. The molecule has 0 radical (unpaired) electrons. The maximum atomic E-state index is 11.9. The van der Waals surface area contributed by atoms with Crippen LogP contribution >= 0.6 is 11.3 Å². The number of hydrogen-bond acceptors (Lipinski definition) is 4. The third-order valence-corrected chi connectivity index (χ3v) is 3.69. The molecule has 5 heteroatoms. The number of nitrogens with zero attached hydrogens (tertiary/aromatic N) is 1. The fourth-order valence-corrected chi connectivity index (χ4v) is 2.56. The Kier molecular flexibility index (Phi) is 5.01. The summed E-state index contributed by atoms with van der Waals surface area (Å²) in [5.74, 6) is -0.0290. The number of carbonyl (C=O) groups excluding carboxylic acids is 2. The van der Waals surface area contributed by atoms with Gasteiger partial charge in [0.05, 0.1) is 11.3 Å². The van der Waals surface area contributed by atoms with E-state index in [2.05, 4.69) is 10.3 Å². The number of rotatable bonds is 6. The van der Waals surface area contributed by atoms with Crippen LogP contribution in [0.25, 0.3) is 0 Å². The van der Waals surface area contributed by atoms with Crippen molar-refractivity contribution >= 4 is 23.0 Å². The van der Waals surface area contributed by atoms with Crippen molar-refractivity contribution in [1.82, 2.24) is 10.3 Å². The minimum atomic E-state index is -0.172. The van der Waals surface area contributed by atoms with Crippen LogP contribution in [0.3, 0.4) is 0 Å². The molecular formula is C15H16N2O2S. The third-order valence-electron chi connectivity index (χ3n) is 2.78. The third kappa shape index (κ3) is 4.28. The average Bonchev–Trinajstić information content (AvgIpc) is 2.93. The van der Waals surface area contributed by atoms with Crippen LogP contribution in [0.15, 0.2) is 42.0 Å². The van der Waals surface area contributed by atoms with Crippen molar-refractivity contribution in [3.8, 4) is 0 Å². The molecular weight excluding hydrogens is 272 g/mol. The molecule has 2 aromatic heterocycles. The fraction of sp³-hybridized carbons (Fsp3) is 0.267. The highest BCUT2D eigenvalue weighted by atomic mass is 32.1. The van der Waals surface area contributed by atoms with Crippen molar-refractivity contribution in [2.24, 2.45) is 0 Å². The Balaban J connectivity index is 1.81. The van der Waals surface area contributed by atoms with Gasteiger partial charge in [-0.15, -0.1) is 11.3 Å². The van der Waals surface area contributed by atoms with E-state index in [0.29, 0.717) is 6.42 Å². The first-order chi connectivity index (χ1) is 9.65. The van der Waals surface area contributed by atoms with Crippen LogP contribution < -0.4 is 5.32 Å². The molecule has 1 amide bonds. The highest BCUT2D eigenvalue weighted by molar-refractivity contribution is 7.12. The van der Waals surface area contributed by atoms with E-state index >= 15 is 0 Å². The molecule has 2 rings (SSSR count). The monoisotopic (exact) mass is 288 g/mol. The summed E-state index contributed by atoms with van der Waals surface area (Å²) in [6.45, 7) is 1.84. The molecule has 0 bridgehead atoms. The van der Waals surface area contributed by atoms with E-state index in [1.54, 1.807) is 24.5 Å². The molecule has 0 aromatic carbocycles. The van der Waals surface area contributed by atoms with Crippen LogP contribution in [-0.4, -0.2) is 22.7 Å². The highest BCUT2D eigenvalue weighted by Crippen LogP contribution is 2.12. The van der Waals surface area contributed by atoms with Crippen molar-refractivity contribution in [3.63, 3.8) is 0 Å². The van der Waals surface area contributed by atoms with E-state index in [1.807, 2.05) is 24.4 Å². The molecule has 0 unspecified atom stereocenters. The van der Waals surface area contributed by atoms with Gasteiger partial charge in [0.1, 0.15) is 0 Å². The second kappa shape index (κ2) is 6.96. The molecule has 0 saturated heterocycles. The lowest BCUT2D eigenvalue weighted by molar-refractivity contribution is -0.121. The van der Waals surface area contributed by atoms with E-state index < -0.39 is 0 Å². The molecule has 2 heterocycles. The van der Waals surface area contributed by atoms with Gasteiger partial charge in [-0.2, -0.15) is 0 Å². The van der Waals surface area contributed by atoms with Crippen LogP contribution in [0.4, 0.5) is 0 Å². The van der Waals surface area contributed by atoms with Crippen LogP contribution in [0, 0.1) is 0 Å². The maximum absolute atomic E-state index is 11.9. The van der Waals surface area contributed by atoms with Gasteiger partial charge >= 0.3 is 0 Å². The summed E-state index contributed by atoms with van der Waals surface area (Å²) >= 11 is 1.42. The minimum Gasteiger partial charge on any atom is -0.353 e. The second-order valence-electron chi connectivity index (χ2n) is 4.61. The summed E-state index contributed by atoms with van der Waals surface area (Å²) in [5, 5.41) is 4.71. The number of amides is 1. The first-order valence-electron chi connectivity index (χ1n) is 6.40. The standard InChI is InChI=1S/C15H16N2O2S/c1-11(8-13(18)14-5-3-7-20-14)17-15(19)9-12-4-2-6-16-10-12/h2-7,10-11H,8-9H2,1H3,(H,17,19)/t11-/m1/s1. The van der Waals surface area contributed by atoms with Crippen LogP contribution in [0.2, 0.25) is 0 Å². The zero-order chi connectivity index (χ0) is 14.4. The van der Waals surface area contributed by atoms with E-state index in [1.165, 1.54) is 11.3 Å². The lowest BCUT2D eigenvalue weighted by Crippen LogP contribution is -2.35. The topological polar surface area (TPSA) is 59.1 Å². The Labute approximate surface area is 121 Å². The molecule has 1 atom stereocenters. The highest BCUT2D eigenvalue weighted by Gasteiger charge is 2.14. The summed E-state index contributed by atoms with van der Waals surface area (Å²) in [6, 6.07) is 7.13. The van der Waals surface area contributed by atoms with Crippen LogP contribution in [0.5, 0.6) is 0 Å². The summed E-state index contributed by atoms with van der Waals surface area (Å²) < 4.78 is 0. The maximum Gasteiger partial charge on any atom is 0.224 e. The van der Waals surface area contributed by atoms with Crippen molar-refractivity contribution in [2.75, 3.05) is 0 Å². The number of thiophene rings is 1. The van der Waals surface area contributed by atoms with Gasteiger partial charge in [0.25, 0.3) is 0 Å². The average molecular weight is 288 g/mol. The quantitative estimate of drug-likeness (QED) is 0.831. The summed E-state index contributed by atoms with van der Waals surface area (Å²) in [6.07, 6.45) is 3.94. The predicted octanol–water partition coefficient (Wildman–Crippen LogP) is 2.46. The van der Waals surface area contributed by atoms with E-state index in [-0.39, 0.29) is 24.2 Å². The van der Waals surface area contributed by atoms with Gasteiger partial charge in [0.2, 0.25) is 5.91 Å². The Morgan fingerprint density at radius 3 is 2.85 bits per heavy atom. The number of carbonyl (C=O) groups is 2. The number of ketones is 1. The van der Waals surface area contributed by atoms with Gasteiger partial charge in [0.15, 0.2) is 5.78 Å². The van der Waals surface area contributed by atoms with Gasteiger partial charge in [0, 0.05) is 24.9 Å². The van der Waals surface area contributed by atoms with Crippen LogP contribution in [-0.2, 0) is 11.2 Å². The molecule has 0 aliphatic heterocycles. The largest absolute Gasteiger partial charge is 0.353 e. The molecule has 0 spiro atoms. The molecule has 1 N–H and O–H groups in total. The van der Waals surface area contributed by atoms with Gasteiger partial charge < -0.3 is 5.32 Å². The number of Topliss-reactive ketones (excluding diaryl/α,β-unsaturated/α-hetero) is 1. The fourth-order valence-electron chi connectivity index (χ4n) is 1.88. The summed E-state index contributed by atoms with van der Waals surface area (Å²) in [4.78, 5) is 28.4. The zero-order valence-electron chi connectivity index (χ0n) is 11.2. The predicted molar refractivity (Wildman–Crippen MR) is 78.8 cm³/mol. The van der Waals surface area contributed by atoms with E-state index in [4.69, 9.17) is 0 Å². The van der Waals surface area contributed by atoms with Gasteiger partial charge in [-0.1, -0.05) is 12.1 Å². The molecule has 104 valence electrons. The number of nitrogens with one attached hydrogen (secondary N) is 1. The first-order valence-corrected chi connectivity index (χ1v) is 7.28. The normalized spacial score (nSPS) is 11.8. The van der Waals surface area contributed by atoms with Crippen molar-refractivity contribution in [1.29, 1.82) is 0 Å². The van der Waals surface area contributed by atoms with Crippen molar-refractivity contribution in [3.05, 3.63) is 52.5 Å². The van der Waals surface area contributed by atoms with Crippen molar-refractivity contribution < 1.29 is 9.59 Å². The minimum absolute atomic E-state index is 0.0641. The van der Waals surface area contributed by atoms with Gasteiger partial charge in [-0.25, -0.2) is 0 Å². The SMILES string of the molecule is C[C@H](CC(=O)c1cccs1)NC(=O)Cc1cccnc1. The molecule has 0 aliphatic carbocycles. The molecule has 0 saturated carbocycles. The second-order valence-corrected chi connectivity index (χ2v) is 5.56. The first kappa shape index (κ1) is 14.4. The molecule has 2 aromatic rings. The molecule has 20 heavy (non-hydrogen) atoms. The van der Waals surface area contributed by atoms with E-state index in [0.717, 1.165) is 10.4 Å². The van der Waals surface area contributed by atoms with E-state index in [9.17, 15) is 9.59 Å². The van der Waals surface area contributed by atoms with Gasteiger partial charge in [-0.05, 0) is 30.0 Å². The van der Waals surface area contributed by atoms with Gasteiger partial charge in [-0.3, -0.25) is 14.6 Å². The number of pyridine rings is 1. The lowest BCUT2D eigenvalue weighted by Gasteiger charge is -2.12. The summed E-state index contributed by atoms with van der Waals surface area (Å²) in [5.41, 5.74) is 0.863. The Morgan fingerprint density at radius 1 is 1.35 bits per heavy atom. The number of hydrogen-bond donors (Lipinski definition) is 1. The molecule has 0 aliphatic rings. The summed E-state index contributed by atoms with van der Waals surface area (Å²) in [7, 11) is 0. The molecule has 0 fully saturated rings. The lowest BCUT2D eigenvalue weighted by atomic mass is 10.1. The smallest absolute Gasteiger partial charge is 0.224 e. The van der Waals surface area contributed by atoms with Crippen molar-refractivity contribution in [2.45, 2.75) is 25.8 Å². The Morgan fingerprint density at radius 2 is 2.20 bits per heavy atom. The zero-order valence-corrected chi connectivity index (χ0v) is 12.0. The Bertz CT molecular complexity index is 567. The number of aromatic nitrogens is 1.